The van der Waals surface area contributed by atoms with E-state index in [1.54, 1.807) is 0 Å². The van der Waals surface area contributed by atoms with E-state index in [-0.39, 0.29) is 11.5 Å². The zero-order valence-electron chi connectivity index (χ0n) is 11.6. The van der Waals surface area contributed by atoms with Gasteiger partial charge in [0, 0.05) is 22.6 Å². The van der Waals surface area contributed by atoms with Gasteiger partial charge in [0.15, 0.2) is 0 Å². The fourth-order valence-corrected chi connectivity index (χ4v) is 2.12. The largest absolute Gasteiger partial charge is 0.399 e. The highest BCUT2D eigenvalue weighted by atomic mass is 19.1. The minimum absolute atomic E-state index is 0.0990. The van der Waals surface area contributed by atoms with Crippen molar-refractivity contribution in [3.63, 3.8) is 0 Å². The lowest BCUT2D eigenvalue weighted by molar-refractivity contribution is 0.429. The first-order valence-electron chi connectivity index (χ1n) is 6.38. The zero-order valence-corrected chi connectivity index (χ0v) is 11.6. The van der Waals surface area contributed by atoms with Gasteiger partial charge < -0.3 is 10.3 Å². The van der Waals surface area contributed by atoms with E-state index in [1.165, 1.54) is 18.2 Å². The van der Waals surface area contributed by atoms with Gasteiger partial charge in [-0.3, -0.25) is 4.98 Å². The molecule has 0 saturated carbocycles. The highest BCUT2D eigenvalue weighted by Gasteiger charge is 2.15. The molecule has 2 aromatic heterocycles. The third-order valence-corrected chi connectivity index (χ3v) is 2.99. The van der Waals surface area contributed by atoms with Crippen molar-refractivity contribution in [3.8, 4) is 22.8 Å². The van der Waals surface area contributed by atoms with Gasteiger partial charge in [-0.25, -0.2) is 4.39 Å². The number of benzene rings is 1. The highest BCUT2D eigenvalue weighted by molar-refractivity contribution is 5.63. The van der Waals surface area contributed by atoms with Crippen molar-refractivity contribution >= 4 is 5.69 Å². The van der Waals surface area contributed by atoms with E-state index in [0.717, 1.165) is 17.0 Å². The first-order chi connectivity index (χ1) is 10.0. The molecule has 21 heavy (non-hydrogen) atoms. The number of hydrogen-bond donors (Lipinski definition) is 1. The Morgan fingerprint density at radius 1 is 1.05 bits per heavy atom. The Bertz CT molecular complexity index is 793. The second-order valence-electron chi connectivity index (χ2n) is 4.80. The van der Waals surface area contributed by atoms with E-state index in [2.05, 4.69) is 15.1 Å². The summed E-state index contributed by atoms with van der Waals surface area (Å²) in [4.78, 5) is 8.52. The molecule has 0 atom stereocenters. The summed E-state index contributed by atoms with van der Waals surface area (Å²) in [5.41, 5.74) is 8.76. The summed E-state index contributed by atoms with van der Waals surface area (Å²) in [5.74, 6) is 0.0313. The second-order valence-corrected chi connectivity index (χ2v) is 4.80. The van der Waals surface area contributed by atoms with Crippen LogP contribution in [0.4, 0.5) is 10.1 Å². The molecule has 2 heterocycles. The molecule has 0 fully saturated rings. The number of anilines is 1. The van der Waals surface area contributed by atoms with Crippen molar-refractivity contribution in [2.45, 2.75) is 13.8 Å². The molecule has 0 radical (unpaired) electrons. The summed E-state index contributed by atoms with van der Waals surface area (Å²) >= 11 is 0. The van der Waals surface area contributed by atoms with Crippen LogP contribution in [0.2, 0.25) is 0 Å². The van der Waals surface area contributed by atoms with Gasteiger partial charge in [0.25, 0.3) is 5.89 Å². The van der Waals surface area contributed by atoms with E-state index < -0.39 is 5.82 Å². The third-order valence-electron chi connectivity index (χ3n) is 2.99. The molecule has 106 valence electrons. The second kappa shape index (κ2) is 4.97. The number of aryl methyl sites for hydroxylation is 2. The van der Waals surface area contributed by atoms with Crippen LogP contribution in [0.5, 0.6) is 0 Å². The summed E-state index contributed by atoms with van der Waals surface area (Å²) in [6, 6.07) is 7.91. The lowest BCUT2D eigenvalue weighted by Gasteiger charge is -1.99. The standard InChI is InChI=1S/C15H13FN4O/c1-8-5-10(6-9(2)18-8)14-19-15(21-20-14)12-7-11(17)3-4-13(12)16/h3-7H,17H2,1-2H3. The van der Waals surface area contributed by atoms with Gasteiger partial charge in [-0.2, -0.15) is 4.98 Å². The lowest BCUT2D eigenvalue weighted by Crippen LogP contribution is -1.91. The molecule has 0 amide bonds. The van der Waals surface area contributed by atoms with E-state index in [9.17, 15) is 4.39 Å². The van der Waals surface area contributed by atoms with Crippen LogP contribution >= 0.6 is 0 Å². The third kappa shape index (κ3) is 2.60. The molecule has 5 nitrogen and oxygen atoms in total. The minimum atomic E-state index is -0.457. The van der Waals surface area contributed by atoms with Crippen molar-refractivity contribution in [2.24, 2.45) is 0 Å². The van der Waals surface area contributed by atoms with Crippen molar-refractivity contribution in [1.82, 2.24) is 15.1 Å². The summed E-state index contributed by atoms with van der Waals surface area (Å²) in [6.07, 6.45) is 0. The quantitative estimate of drug-likeness (QED) is 0.731. The maximum Gasteiger partial charge on any atom is 0.261 e. The SMILES string of the molecule is Cc1cc(-c2noc(-c3cc(N)ccc3F)n2)cc(C)n1. The number of aromatic nitrogens is 3. The predicted octanol–water partition coefficient (Wildman–Crippen LogP) is 3.14. The average molecular weight is 284 g/mol. The van der Waals surface area contributed by atoms with E-state index in [4.69, 9.17) is 10.3 Å². The van der Waals surface area contributed by atoms with E-state index >= 15 is 0 Å². The van der Waals surface area contributed by atoms with Crippen LogP contribution in [-0.4, -0.2) is 15.1 Å². The monoisotopic (exact) mass is 284 g/mol. The lowest BCUT2D eigenvalue weighted by atomic mass is 10.1. The van der Waals surface area contributed by atoms with Crippen LogP contribution in [0.1, 0.15) is 11.4 Å². The van der Waals surface area contributed by atoms with Crippen LogP contribution in [0.25, 0.3) is 22.8 Å². The number of halogens is 1. The predicted molar refractivity (Wildman–Crippen MR) is 76.8 cm³/mol. The van der Waals surface area contributed by atoms with Crippen LogP contribution < -0.4 is 5.73 Å². The van der Waals surface area contributed by atoms with E-state index in [0.29, 0.717) is 11.5 Å². The van der Waals surface area contributed by atoms with Gasteiger partial charge >= 0.3 is 0 Å². The van der Waals surface area contributed by atoms with Crippen LogP contribution in [0, 0.1) is 19.7 Å². The Balaban J connectivity index is 2.05. The van der Waals surface area contributed by atoms with Gasteiger partial charge in [-0.1, -0.05) is 5.16 Å². The first kappa shape index (κ1) is 13.2. The number of nitrogen functional groups attached to an aromatic ring is 1. The number of nitrogens with two attached hydrogens (primary N) is 1. The molecule has 0 aliphatic rings. The maximum absolute atomic E-state index is 13.8. The summed E-state index contributed by atoms with van der Waals surface area (Å²) in [6.45, 7) is 3.77. The summed E-state index contributed by atoms with van der Waals surface area (Å²) in [7, 11) is 0. The van der Waals surface area contributed by atoms with Crippen molar-refractivity contribution in [1.29, 1.82) is 0 Å². The fraction of sp³-hybridized carbons (Fsp3) is 0.133. The van der Waals surface area contributed by atoms with Gasteiger partial charge in [0.05, 0.1) is 5.56 Å². The Kier molecular flexibility index (Phi) is 3.13. The molecule has 0 unspecified atom stereocenters. The molecule has 0 aliphatic carbocycles. The molecule has 3 rings (SSSR count). The number of nitrogens with zero attached hydrogens (tertiary/aromatic N) is 3. The zero-order chi connectivity index (χ0) is 15.0. The topological polar surface area (TPSA) is 77.8 Å². The van der Waals surface area contributed by atoms with Gasteiger partial charge in [0.2, 0.25) is 5.82 Å². The smallest absolute Gasteiger partial charge is 0.261 e. The number of hydrogen-bond acceptors (Lipinski definition) is 5. The molecule has 3 aromatic rings. The normalized spacial score (nSPS) is 10.8. The van der Waals surface area contributed by atoms with Gasteiger partial charge in [-0.05, 0) is 44.2 Å². The molecule has 0 aliphatic heterocycles. The maximum atomic E-state index is 13.8. The molecule has 0 spiro atoms. The van der Waals surface area contributed by atoms with E-state index in [1.807, 2.05) is 26.0 Å². The Morgan fingerprint density at radius 2 is 1.76 bits per heavy atom. The summed E-state index contributed by atoms with van der Waals surface area (Å²) < 4.78 is 18.9. The molecule has 2 N–H and O–H groups in total. The van der Waals surface area contributed by atoms with Crippen molar-refractivity contribution < 1.29 is 8.91 Å². The molecule has 1 aromatic carbocycles. The fourth-order valence-electron chi connectivity index (χ4n) is 2.12. The first-order valence-corrected chi connectivity index (χ1v) is 6.38. The molecular weight excluding hydrogens is 271 g/mol. The molecular formula is C15H13FN4O. The Hall–Kier alpha value is -2.76. The average Bonchev–Trinajstić information content (AvgIpc) is 2.90. The van der Waals surface area contributed by atoms with Crippen LogP contribution in [0.15, 0.2) is 34.9 Å². The van der Waals surface area contributed by atoms with Crippen LogP contribution in [0.3, 0.4) is 0 Å². The van der Waals surface area contributed by atoms with Gasteiger partial charge in [0.1, 0.15) is 5.82 Å². The summed E-state index contributed by atoms with van der Waals surface area (Å²) in [5, 5.41) is 3.89. The molecule has 0 saturated heterocycles. The van der Waals surface area contributed by atoms with Crippen molar-refractivity contribution in [2.75, 3.05) is 5.73 Å². The minimum Gasteiger partial charge on any atom is -0.399 e. The van der Waals surface area contributed by atoms with Crippen LogP contribution in [-0.2, 0) is 0 Å². The Morgan fingerprint density at radius 3 is 2.48 bits per heavy atom. The number of rotatable bonds is 2. The molecule has 0 bridgehead atoms. The van der Waals surface area contributed by atoms with Gasteiger partial charge in [-0.15, -0.1) is 0 Å². The van der Waals surface area contributed by atoms with Crippen molar-refractivity contribution in [3.05, 3.63) is 47.5 Å². The Labute approximate surface area is 120 Å². The highest BCUT2D eigenvalue weighted by Crippen LogP contribution is 2.26. The molecule has 6 heteroatoms. The number of pyridine rings is 1.